The lowest BCUT2D eigenvalue weighted by Crippen LogP contribution is -2.17. The summed E-state index contributed by atoms with van der Waals surface area (Å²) in [5.41, 5.74) is 0.477. The van der Waals surface area contributed by atoms with Gasteiger partial charge in [-0.3, -0.25) is 4.79 Å². The minimum absolute atomic E-state index is 0.115. The molecule has 0 atom stereocenters. The summed E-state index contributed by atoms with van der Waals surface area (Å²) in [6, 6.07) is 3.04. The van der Waals surface area contributed by atoms with Crippen LogP contribution >= 0.6 is 34.8 Å². The summed E-state index contributed by atoms with van der Waals surface area (Å²) in [5.74, 6) is -0.231. The molecule has 1 N–H and O–H groups in total. The number of benzene rings is 1. The zero-order valence-corrected chi connectivity index (χ0v) is 10.5. The molecule has 0 aliphatic heterocycles. The second kappa shape index (κ2) is 5.06. The number of hydrogen-bond donors (Lipinski definition) is 1. The predicted octanol–water partition coefficient (Wildman–Crippen LogP) is 4.24. The average molecular weight is 267 g/mol. The van der Waals surface area contributed by atoms with Gasteiger partial charge in [0.15, 0.2) is 0 Å². The Morgan fingerprint density at radius 2 is 1.67 bits per heavy atom. The molecule has 5 heteroatoms. The van der Waals surface area contributed by atoms with E-state index in [1.165, 1.54) is 12.1 Å². The van der Waals surface area contributed by atoms with E-state index in [-0.39, 0.29) is 11.8 Å². The van der Waals surface area contributed by atoms with Crippen molar-refractivity contribution in [3.63, 3.8) is 0 Å². The van der Waals surface area contributed by atoms with E-state index in [1.807, 2.05) is 0 Å². The predicted molar refractivity (Wildman–Crippen MR) is 64.9 cm³/mol. The molecule has 15 heavy (non-hydrogen) atoms. The maximum Gasteiger partial charge on any atom is 0.226 e. The van der Waals surface area contributed by atoms with Crippen LogP contribution in [0, 0.1) is 5.92 Å². The van der Waals surface area contributed by atoms with Gasteiger partial charge in [0.25, 0.3) is 0 Å². The first-order chi connectivity index (χ1) is 6.91. The number of nitrogens with one attached hydrogen (secondary N) is 1. The van der Waals surface area contributed by atoms with Gasteiger partial charge in [0.05, 0.1) is 20.8 Å². The fourth-order valence-corrected chi connectivity index (χ4v) is 1.49. The number of anilines is 1. The Morgan fingerprint density at radius 3 is 2.20 bits per heavy atom. The molecule has 1 aromatic rings. The number of rotatable bonds is 2. The molecule has 1 amide bonds. The number of carbonyl (C=O) groups excluding carboxylic acids is 1. The van der Waals surface area contributed by atoms with Crippen molar-refractivity contribution in [3.8, 4) is 0 Å². The molecule has 0 aliphatic carbocycles. The highest BCUT2D eigenvalue weighted by atomic mass is 35.5. The van der Waals surface area contributed by atoms with Gasteiger partial charge >= 0.3 is 0 Å². The van der Waals surface area contributed by atoms with E-state index < -0.39 is 0 Å². The van der Waals surface area contributed by atoms with Crippen molar-refractivity contribution in [2.24, 2.45) is 5.92 Å². The summed E-state index contributed by atoms with van der Waals surface area (Å²) in [6.07, 6.45) is 0. The summed E-state index contributed by atoms with van der Waals surface area (Å²) < 4.78 is 0. The summed E-state index contributed by atoms with van der Waals surface area (Å²) in [5, 5.41) is 3.76. The molecule has 0 spiro atoms. The van der Waals surface area contributed by atoms with E-state index in [9.17, 15) is 4.79 Å². The van der Waals surface area contributed by atoms with Crippen LogP contribution in [0.2, 0.25) is 15.1 Å². The Balaban J connectivity index is 2.96. The van der Waals surface area contributed by atoms with Crippen LogP contribution in [-0.2, 0) is 4.79 Å². The van der Waals surface area contributed by atoms with Crippen LogP contribution in [0.3, 0.4) is 0 Å². The fourth-order valence-electron chi connectivity index (χ4n) is 0.895. The third-order valence-corrected chi connectivity index (χ3v) is 2.83. The van der Waals surface area contributed by atoms with Crippen LogP contribution in [0.4, 0.5) is 5.69 Å². The summed E-state index contributed by atoms with van der Waals surface area (Å²) in [7, 11) is 0. The van der Waals surface area contributed by atoms with Gasteiger partial charge in [-0.1, -0.05) is 48.7 Å². The first kappa shape index (κ1) is 12.6. The van der Waals surface area contributed by atoms with Gasteiger partial charge in [0, 0.05) is 5.92 Å². The SMILES string of the molecule is CC(C)C(=O)Nc1cc(Cl)c(Cl)cc1Cl. The molecule has 2 nitrogen and oxygen atoms in total. The molecule has 0 radical (unpaired) electrons. The molecule has 1 aromatic carbocycles. The molecule has 0 heterocycles. The average Bonchev–Trinajstić information content (AvgIpc) is 2.13. The van der Waals surface area contributed by atoms with Gasteiger partial charge in [-0.15, -0.1) is 0 Å². The lowest BCUT2D eigenvalue weighted by Gasteiger charge is -2.10. The quantitative estimate of drug-likeness (QED) is 0.797. The minimum Gasteiger partial charge on any atom is -0.325 e. The number of hydrogen-bond acceptors (Lipinski definition) is 1. The van der Waals surface area contributed by atoms with Gasteiger partial charge in [0.1, 0.15) is 0 Å². The van der Waals surface area contributed by atoms with Gasteiger partial charge in [-0.05, 0) is 12.1 Å². The lowest BCUT2D eigenvalue weighted by atomic mass is 10.2. The largest absolute Gasteiger partial charge is 0.325 e. The molecule has 0 unspecified atom stereocenters. The van der Waals surface area contributed by atoms with E-state index in [1.54, 1.807) is 13.8 Å². The molecule has 0 saturated heterocycles. The van der Waals surface area contributed by atoms with Crippen LogP contribution in [-0.4, -0.2) is 5.91 Å². The fraction of sp³-hybridized carbons (Fsp3) is 0.300. The molecule has 0 bridgehead atoms. The Morgan fingerprint density at radius 1 is 1.13 bits per heavy atom. The number of amides is 1. The normalized spacial score (nSPS) is 10.5. The number of carbonyl (C=O) groups is 1. The first-order valence-electron chi connectivity index (χ1n) is 4.37. The van der Waals surface area contributed by atoms with Crippen molar-refractivity contribution in [1.82, 2.24) is 0 Å². The Hall–Kier alpha value is -0.440. The van der Waals surface area contributed by atoms with Crippen LogP contribution in [0.5, 0.6) is 0 Å². The monoisotopic (exact) mass is 265 g/mol. The standard InChI is InChI=1S/C10H10Cl3NO/c1-5(2)10(15)14-9-4-7(12)6(11)3-8(9)13/h3-5H,1-2H3,(H,14,15). The second-order valence-electron chi connectivity index (χ2n) is 3.39. The zero-order chi connectivity index (χ0) is 11.6. The lowest BCUT2D eigenvalue weighted by molar-refractivity contribution is -0.118. The van der Waals surface area contributed by atoms with Gasteiger partial charge in [-0.25, -0.2) is 0 Å². The highest BCUT2D eigenvalue weighted by Gasteiger charge is 2.11. The molecule has 0 saturated carbocycles. The Kier molecular flexibility index (Phi) is 4.26. The van der Waals surface area contributed by atoms with Crippen molar-refractivity contribution in [2.45, 2.75) is 13.8 Å². The molecule has 0 fully saturated rings. The van der Waals surface area contributed by atoms with Crippen molar-refractivity contribution < 1.29 is 4.79 Å². The van der Waals surface area contributed by atoms with Crippen LogP contribution in [0.1, 0.15) is 13.8 Å². The van der Waals surface area contributed by atoms with Gasteiger partial charge in [-0.2, -0.15) is 0 Å². The summed E-state index contributed by atoms with van der Waals surface area (Å²) >= 11 is 17.5. The maximum absolute atomic E-state index is 11.4. The summed E-state index contributed by atoms with van der Waals surface area (Å²) in [4.78, 5) is 11.4. The van der Waals surface area contributed by atoms with E-state index in [0.717, 1.165) is 0 Å². The van der Waals surface area contributed by atoms with E-state index >= 15 is 0 Å². The molecular formula is C10H10Cl3NO. The van der Waals surface area contributed by atoms with E-state index in [4.69, 9.17) is 34.8 Å². The highest BCUT2D eigenvalue weighted by molar-refractivity contribution is 6.44. The zero-order valence-electron chi connectivity index (χ0n) is 8.27. The van der Waals surface area contributed by atoms with Crippen molar-refractivity contribution in [2.75, 3.05) is 5.32 Å². The number of halogens is 3. The second-order valence-corrected chi connectivity index (χ2v) is 4.61. The molecular weight excluding hydrogens is 256 g/mol. The van der Waals surface area contributed by atoms with Crippen LogP contribution < -0.4 is 5.32 Å². The van der Waals surface area contributed by atoms with Crippen molar-refractivity contribution in [3.05, 3.63) is 27.2 Å². The maximum atomic E-state index is 11.4. The van der Waals surface area contributed by atoms with Gasteiger partial charge < -0.3 is 5.32 Å². The third-order valence-electron chi connectivity index (χ3n) is 1.79. The highest BCUT2D eigenvalue weighted by Crippen LogP contribution is 2.32. The van der Waals surface area contributed by atoms with Crippen molar-refractivity contribution >= 4 is 46.4 Å². The van der Waals surface area contributed by atoms with Crippen LogP contribution in [0.25, 0.3) is 0 Å². The van der Waals surface area contributed by atoms with Gasteiger partial charge in [0.2, 0.25) is 5.91 Å². The van der Waals surface area contributed by atoms with Crippen molar-refractivity contribution in [1.29, 1.82) is 0 Å². The first-order valence-corrected chi connectivity index (χ1v) is 5.50. The minimum atomic E-state index is -0.115. The van der Waals surface area contributed by atoms with E-state index in [2.05, 4.69) is 5.32 Å². The third kappa shape index (κ3) is 3.26. The summed E-state index contributed by atoms with van der Waals surface area (Å²) in [6.45, 7) is 3.58. The Labute approximate surface area is 104 Å². The van der Waals surface area contributed by atoms with Crippen LogP contribution in [0.15, 0.2) is 12.1 Å². The smallest absolute Gasteiger partial charge is 0.226 e. The molecule has 0 aromatic heterocycles. The molecule has 82 valence electrons. The van der Waals surface area contributed by atoms with E-state index in [0.29, 0.717) is 20.8 Å². The Bertz CT molecular complexity index is 390. The molecule has 1 rings (SSSR count). The topological polar surface area (TPSA) is 29.1 Å². The molecule has 0 aliphatic rings.